The summed E-state index contributed by atoms with van der Waals surface area (Å²) in [6, 6.07) is 14.6. The van der Waals surface area contributed by atoms with Gasteiger partial charge in [0.05, 0.1) is 12.2 Å². The molecule has 10 nitrogen and oxygen atoms in total. The minimum absolute atomic E-state index is 0.0234. The second kappa shape index (κ2) is 12.0. The topological polar surface area (TPSA) is 127 Å². The summed E-state index contributed by atoms with van der Waals surface area (Å²) in [5, 5.41) is 12.7. The van der Waals surface area contributed by atoms with Crippen molar-refractivity contribution in [3.8, 4) is 5.75 Å². The number of aliphatic hydroxyl groups is 1. The zero-order chi connectivity index (χ0) is 30.0. The van der Waals surface area contributed by atoms with Gasteiger partial charge >= 0.3 is 6.03 Å². The summed E-state index contributed by atoms with van der Waals surface area (Å²) >= 11 is 6.21. The van der Waals surface area contributed by atoms with Crippen molar-refractivity contribution in [1.82, 2.24) is 20.1 Å². The van der Waals surface area contributed by atoms with Gasteiger partial charge in [0.25, 0.3) is 0 Å². The SMILES string of the molecule is CC(C)(C)Oc1cc(C(=O)CCO)ccc1C1=NC(c2ccc(Cl)cc2)C(c2ccc[nH]2)N1C(=O)N1CCNC(=O)C1. The van der Waals surface area contributed by atoms with Crippen molar-refractivity contribution < 1.29 is 24.2 Å². The van der Waals surface area contributed by atoms with Crippen molar-refractivity contribution in [1.29, 1.82) is 0 Å². The van der Waals surface area contributed by atoms with E-state index in [1.54, 1.807) is 41.4 Å². The van der Waals surface area contributed by atoms with Crippen molar-refractivity contribution in [3.05, 3.63) is 88.2 Å². The van der Waals surface area contributed by atoms with Crippen LogP contribution in [0.3, 0.4) is 0 Å². The number of rotatable bonds is 7. The van der Waals surface area contributed by atoms with Crippen LogP contribution in [0.5, 0.6) is 5.75 Å². The molecule has 2 atom stereocenters. The van der Waals surface area contributed by atoms with Crippen LogP contribution in [-0.4, -0.2) is 75.3 Å². The quantitative estimate of drug-likeness (QED) is 0.349. The predicted molar refractivity (Wildman–Crippen MR) is 159 cm³/mol. The van der Waals surface area contributed by atoms with Gasteiger partial charge in [-0.05, 0) is 62.7 Å². The lowest BCUT2D eigenvalue weighted by Crippen LogP contribution is -2.55. The first-order chi connectivity index (χ1) is 20.1. The molecule has 11 heteroatoms. The number of hydrogen-bond donors (Lipinski definition) is 3. The van der Waals surface area contributed by atoms with Gasteiger partial charge in [-0.15, -0.1) is 0 Å². The fourth-order valence-electron chi connectivity index (χ4n) is 5.20. The van der Waals surface area contributed by atoms with Crippen LogP contribution in [0.15, 0.2) is 65.8 Å². The maximum absolute atomic E-state index is 14.4. The summed E-state index contributed by atoms with van der Waals surface area (Å²) in [6.45, 7) is 6.02. The maximum Gasteiger partial charge on any atom is 0.326 e. The predicted octanol–water partition coefficient (Wildman–Crippen LogP) is 4.51. The highest BCUT2D eigenvalue weighted by Crippen LogP contribution is 2.45. The zero-order valence-corrected chi connectivity index (χ0v) is 24.5. The van der Waals surface area contributed by atoms with Crippen LogP contribution in [0, 0.1) is 0 Å². The number of amides is 3. The number of piperazine rings is 1. The number of nitrogens with one attached hydrogen (secondary N) is 2. The maximum atomic E-state index is 14.4. The highest BCUT2D eigenvalue weighted by Gasteiger charge is 2.45. The number of Topliss-reactive ketones (excluding diaryl/α,β-unsaturated/α-hetero) is 1. The van der Waals surface area contributed by atoms with E-state index >= 15 is 0 Å². The standard InChI is InChI=1S/C31H34ClN5O5/c1-31(2,3)42-25-17-20(24(39)12-16-38)8-11-22(25)29-35-27(19-6-9-21(32)10-7-19)28(23-5-4-13-33-23)37(29)30(41)36-15-14-34-26(40)18-36/h4-11,13,17,27-28,33,38H,12,14-16,18H2,1-3H3,(H,34,40). The van der Waals surface area contributed by atoms with Gasteiger partial charge in [0.2, 0.25) is 5.91 Å². The van der Waals surface area contributed by atoms with Crippen LogP contribution in [0.4, 0.5) is 4.79 Å². The molecule has 0 saturated carbocycles. The van der Waals surface area contributed by atoms with E-state index in [4.69, 9.17) is 21.3 Å². The van der Waals surface area contributed by atoms with E-state index in [0.717, 1.165) is 11.3 Å². The van der Waals surface area contributed by atoms with Gasteiger partial charge in [0.1, 0.15) is 35.8 Å². The van der Waals surface area contributed by atoms with Gasteiger partial charge in [0.15, 0.2) is 5.78 Å². The molecular weight excluding hydrogens is 558 g/mol. The Hall–Kier alpha value is -4.15. The highest BCUT2D eigenvalue weighted by atomic mass is 35.5. The number of aromatic amines is 1. The summed E-state index contributed by atoms with van der Waals surface area (Å²) in [5.74, 6) is 0.264. The molecule has 2 aromatic carbocycles. The lowest BCUT2D eigenvalue weighted by Gasteiger charge is -2.35. The number of urea groups is 1. The molecule has 0 bridgehead atoms. The van der Waals surface area contributed by atoms with Gasteiger partial charge in [-0.25, -0.2) is 4.79 Å². The Kier molecular flexibility index (Phi) is 8.38. The van der Waals surface area contributed by atoms with E-state index in [0.29, 0.717) is 40.8 Å². The molecule has 1 fully saturated rings. The Morgan fingerprint density at radius 3 is 2.55 bits per heavy atom. The second-order valence-corrected chi connectivity index (χ2v) is 11.7. The van der Waals surface area contributed by atoms with Crippen molar-refractivity contribution in [2.75, 3.05) is 26.2 Å². The Bertz CT molecular complexity index is 1500. The van der Waals surface area contributed by atoms with E-state index in [9.17, 15) is 19.5 Å². The molecule has 0 aliphatic carbocycles. The molecule has 2 aliphatic heterocycles. The van der Waals surface area contributed by atoms with Crippen LogP contribution in [0.1, 0.15) is 66.5 Å². The number of aromatic nitrogens is 1. The van der Waals surface area contributed by atoms with Crippen molar-refractivity contribution in [2.45, 2.75) is 44.9 Å². The number of carbonyl (C=O) groups is 3. The normalized spacial score (nSPS) is 19.0. The number of halogens is 1. The Labute approximate surface area is 249 Å². The van der Waals surface area contributed by atoms with E-state index < -0.39 is 17.7 Å². The number of H-pyrrole nitrogens is 1. The molecule has 0 spiro atoms. The Morgan fingerprint density at radius 1 is 1.14 bits per heavy atom. The Balaban J connectivity index is 1.70. The molecule has 3 amide bonds. The molecular formula is C31H34ClN5O5. The third kappa shape index (κ3) is 6.19. The monoisotopic (exact) mass is 591 g/mol. The molecule has 1 aromatic heterocycles. The van der Waals surface area contributed by atoms with E-state index in [1.807, 2.05) is 45.0 Å². The van der Waals surface area contributed by atoms with Crippen molar-refractivity contribution in [3.63, 3.8) is 0 Å². The molecule has 0 radical (unpaired) electrons. The second-order valence-electron chi connectivity index (χ2n) is 11.3. The number of ether oxygens (including phenoxy) is 1. The number of benzene rings is 2. The largest absolute Gasteiger partial charge is 0.487 e. The molecule has 1 saturated heterocycles. The summed E-state index contributed by atoms with van der Waals surface area (Å²) in [5.41, 5.74) is 1.87. The molecule has 220 valence electrons. The third-order valence-electron chi connectivity index (χ3n) is 7.03. The van der Waals surface area contributed by atoms with E-state index in [1.165, 1.54) is 4.90 Å². The first-order valence-electron chi connectivity index (χ1n) is 13.8. The molecule has 2 unspecified atom stereocenters. The number of carbonyl (C=O) groups excluding carboxylic acids is 3. The fraction of sp³-hybridized carbons (Fsp3) is 0.355. The smallest absolute Gasteiger partial charge is 0.326 e. The zero-order valence-electron chi connectivity index (χ0n) is 23.8. The van der Waals surface area contributed by atoms with Crippen LogP contribution in [-0.2, 0) is 4.79 Å². The number of aliphatic hydroxyl groups excluding tert-OH is 1. The van der Waals surface area contributed by atoms with E-state index in [2.05, 4.69) is 10.3 Å². The number of aliphatic imine (C=N–C) groups is 1. The number of hydrogen-bond acceptors (Lipinski definition) is 6. The van der Waals surface area contributed by atoms with Gasteiger partial charge < -0.3 is 25.0 Å². The molecule has 5 rings (SSSR count). The molecule has 2 aliphatic rings. The van der Waals surface area contributed by atoms with Gasteiger partial charge in [-0.1, -0.05) is 29.8 Å². The fourth-order valence-corrected chi connectivity index (χ4v) is 5.32. The molecule has 42 heavy (non-hydrogen) atoms. The summed E-state index contributed by atoms with van der Waals surface area (Å²) in [6.07, 6.45) is 1.77. The van der Waals surface area contributed by atoms with Crippen LogP contribution >= 0.6 is 11.6 Å². The molecule has 3 N–H and O–H groups in total. The summed E-state index contributed by atoms with van der Waals surface area (Å²) < 4.78 is 6.35. The van der Waals surface area contributed by atoms with E-state index in [-0.39, 0.29) is 37.3 Å². The van der Waals surface area contributed by atoms with Crippen LogP contribution in [0.25, 0.3) is 0 Å². The van der Waals surface area contributed by atoms with Crippen LogP contribution in [0.2, 0.25) is 5.02 Å². The summed E-state index contributed by atoms with van der Waals surface area (Å²) in [7, 11) is 0. The number of amidine groups is 1. The van der Waals surface area contributed by atoms with Crippen LogP contribution < -0.4 is 10.1 Å². The first-order valence-corrected chi connectivity index (χ1v) is 14.2. The van der Waals surface area contributed by atoms with Gasteiger partial charge in [-0.2, -0.15) is 0 Å². The lowest BCUT2D eigenvalue weighted by molar-refractivity contribution is -0.123. The van der Waals surface area contributed by atoms with Crippen molar-refractivity contribution >= 4 is 35.2 Å². The minimum Gasteiger partial charge on any atom is -0.487 e. The average Bonchev–Trinajstić information content (AvgIpc) is 3.61. The number of ketones is 1. The summed E-state index contributed by atoms with van der Waals surface area (Å²) in [4.78, 5) is 50.9. The lowest BCUT2D eigenvalue weighted by atomic mass is 9.97. The van der Waals surface area contributed by atoms with Crippen molar-refractivity contribution in [2.24, 2.45) is 4.99 Å². The average molecular weight is 592 g/mol. The Morgan fingerprint density at radius 2 is 1.90 bits per heavy atom. The van der Waals surface area contributed by atoms with Gasteiger partial charge in [0, 0.05) is 42.0 Å². The third-order valence-corrected chi connectivity index (χ3v) is 7.29. The number of nitrogens with zero attached hydrogens (tertiary/aromatic N) is 3. The molecule has 3 heterocycles. The highest BCUT2D eigenvalue weighted by molar-refractivity contribution is 6.30. The minimum atomic E-state index is -0.638. The van der Waals surface area contributed by atoms with Gasteiger partial charge in [-0.3, -0.25) is 19.5 Å². The molecule has 3 aromatic rings. The first kappa shape index (κ1) is 29.3.